The summed E-state index contributed by atoms with van der Waals surface area (Å²) in [6.07, 6.45) is 0. The van der Waals surface area contributed by atoms with Gasteiger partial charge >= 0.3 is 0 Å². The van der Waals surface area contributed by atoms with Crippen molar-refractivity contribution < 1.29 is 0 Å². The molecule has 3 nitrogen and oxygen atoms in total. The first-order chi connectivity index (χ1) is 25.2. The highest BCUT2D eigenvalue weighted by atomic mass is 14.9. The maximum atomic E-state index is 9.90. The minimum atomic E-state index is -0.559. The molecule has 0 bridgehead atoms. The van der Waals surface area contributed by atoms with Gasteiger partial charge in [-0.1, -0.05) is 158 Å². The van der Waals surface area contributed by atoms with Crippen LogP contribution in [0.25, 0.3) is 56.2 Å². The number of nitriles is 1. The van der Waals surface area contributed by atoms with Crippen LogP contribution >= 0.6 is 0 Å². The lowest BCUT2D eigenvalue weighted by Gasteiger charge is -2.34. The second-order valence-electron chi connectivity index (χ2n) is 12.9. The van der Waals surface area contributed by atoms with Crippen LogP contribution in [0.15, 0.2) is 188 Å². The standard InChI is InChI=1S/C48H31N3/c49-32-33-24-27-43-42(28-33)41-26-25-37(30-44(41)48(43,39-20-9-3-10-21-39)40-22-11-4-12-23-40)36-18-13-19-38(29-36)46-31-45(34-14-5-1-6-15-34)50-47(51-46)35-16-7-2-8-17-35/h1-31H. The van der Waals surface area contributed by atoms with E-state index in [2.05, 4.69) is 146 Å². The minimum absolute atomic E-state index is 0.559. The highest BCUT2D eigenvalue weighted by Crippen LogP contribution is 2.57. The van der Waals surface area contributed by atoms with Crippen LogP contribution in [0.2, 0.25) is 0 Å². The number of benzene rings is 7. The molecular formula is C48H31N3. The molecule has 0 N–H and O–H groups in total. The van der Waals surface area contributed by atoms with E-state index in [-0.39, 0.29) is 0 Å². The topological polar surface area (TPSA) is 49.6 Å². The summed E-state index contributed by atoms with van der Waals surface area (Å²) < 4.78 is 0. The number of hydrogen-bond acceptors (Lipinski definition) is 3. The van der Waals surface area contributed by atoms with Gasteiger partial charge in [-0.05, 0) is 74.8 Å². The van der Waals surface area contributed by atoms with Crippen molar-refractivity contribution in [2.45, 2.75) is 5.41 Å². The molecule has 3 heteroatoms. The van der Waals surface area contributed by atoms with E-state index < -0.39 is 5.41 Å². The lowest BCUT2D eigenvalue weighted by atomic mass is 9.67. The molecule has 0 aliphatic heterocycles. The van der Waals surface area contributed by atoms with E-state index in [1.807, 2.05) is 48.5 Å². The van der Waals surface area contributed by atoms with Gasteiger partial charge in [0, 0.05) is 16.7 Å². The van der Waals surface area contributed by atoms with Gasteiger partial charge in [0.25, 0.3) is 0 Å². The van der Waals surface area contributed by atoms with E-state index in [0.717, 1.165) is 50.3 Å². The fourth-order valence-electron chi connectivity index (χ4n) is 7.67. The minimum Gasteiger partial charge on any atom is -0.228 e. The number of aromatic nitrogens is 2. The van der Waals surface area contributed by atoms with Gasteiger partial charge in [0.05, 0.1) is 28.4 Å². The third-order valence-corrected chi connectivity index (χ3v) is 10.00. The first-order valence-electron chi connectivity index (χ1n) is 17.1. The predicted molar refractivity (Wildman–Crippen MR) is 206 cm³/mol. The number of hydrogen-bond donors (Lipinski definition) is 0. The van der Waals surface area contributed by atoms with Gasteiger partial charge in [0.2, 0.25) is 0 Å². The zero-order valence-corrected chi connectivity index (χ0v) is 27.7. The molecule has 8 aromatic rings. The summed E-state index contributed by atoms with van der Waals surface area (Å²) in [7, 11) is 0. The molecule has 0 spiro atoms. The van der Waals surface area contributed by atoms with Crippen molar-refractivity contribution in [3.8, 4) is 62.2 Å². The molecule has 1 aromatic heterocycles. The Labute approximate surface area is 297 Å². The first kappa shape index (κ1) is 30.2. The highest BCUT2D eigenvalue weighted by Gasteiger charge is 2.46. The average molecular weight is 650 g/mol. The molecular weight excluding hydrogens is 619 g/mol. The molecule has 0 saturated heterocycles. The Morgan fingerprint density at radius 3 is 1.59 bits per heavy atom. The van der Waals surface area contributed by atoms with Gasteiger partial charge in [-0.25, -0.2) is 9.97 Å². The number of rotatable bonds is 6. The van der Waals surface area contributed by atoms with Gasteiger partial charge in [-0.3, -0.25) is 0 Å². The average Bonchev–Trinajstić information content (AvgIpc) is 3.51. The van der Waals surface area contributed by atoms with E-state index in [1.54, 1.807) is 0 Å². The van der Waals surface area contributed by atoms with Crippen LogP contribution in [0.3, 0.4) is 0 Å². The van der Waals surface area contributed by atoms with E-state index in [9.17, 15) is 5.26 Å². The molecule has 238 valence electrons. The number of fused-ring (bicyclic) bond motifs is 3. The third kappa shape index (κ3) is 5.14. The summed E-state index contributed by atoms with van der Waals surface area (Å²) in [5.41, 5.74) is 14.1. The van der Waals surface area contributed by atoms with Gasteiger partial charge in [0.15, 0.2) is 5.82 Å². The highest BCUT2D eigenvalue weighted by molar-refractivity contribution is 5.89. The van der Waals surface area contributed by atoms with Gasteiger partial charge in [0.1, 0.15) is 0 Å². The fraction of sp³-hybridized carbons (Fsp3) is 0.0208. The second-order valence-corrected chi connectivity index (χ2v) is 12.9. The molecule has 0 unspecified atom stereocenters. The molecule has 0 saturated carbocycles. The monoisotopic (exact) mass is 649 g/mol. The van der Waals surface area contributed by atoms with Crippen molar-refractivity contribution in [3.05, 3.63) is 216 Å². The van der Waals surface area contributed by atoms with Crippen LogP contribution in [-0.2, 0) is 5.41 Å². The van der Waals surface area contributed by atoms with Crippen LogP contribution in [0, 0.1) is 11.3 Å². The molecule has 7 aromatic carbocycles. The van der Waals surface area contributed by atoms with Crippen molar-refractivity contribution >= 4 is 0 Å². The van der Waals surface area contributed by atoms with Crippen LogP contribution in [-0.4, -0.2) is 9.97 Å². The van der Waals surface area contributed by atoms with E-state index in [4.69, 9.17) is 9.97 Å². The Balaban J connectivity index is 1.23. The van der Waals surface area contributed by atoms with Crippen molar-refractivity contribution in [1.29, 1.82) is 5.26 Å². The molecule has 0 fully saturated rings. The van der Waals surface area contributed by atoms with Crippen LogP contribution in [0.1, 0.15) is 27.8 Å². The van der Waals surface area contributed by atoms with Crippen molar-refractivity contribution in [2.75, 3.05) is 0 Å². The van der Waals surface area contributed by atoms with Gasteiger partial charge in [-0.2, -0.15) is 5.26 Å². The summed E-state index contributed by atoms with van der Waals surface area (Å²) in [6, 6.07) is 68.0. The summed E-state index contributed by atoms with van der Waals surface area (Å²) in [5.74, 6) is 0.694. The Morgan fingerprint density at radius 2 is 0.941 bits per heavy atom. The molecule has 9 rings (SSSR count). The predicted octanol–water partition coefficient (Wildman–Crippen LogP) is 11.4. The summed E-state index contributed by atoms with van der Waals surface area (Å²) in [6.45, 7) is 0. The maximum absolute atomic E-state index is 9.90. The molecule has 0 radical (unpaired) electrons. The van der Waals surface area contributed by atoms with E-state index in [0.29, 0.717) is 11.4 Å². The molecule has 0 amide bonds. The Kier molecular flexibility index (Phi) is 7.42. The van der Waals surface area contributed by atoms with Crippen LogP contribution in [0.5, 0.6) is 0 Å². The Hall–Kier alpha value is -6.89. The lowest BCUT2D eigenvalue weighted by molar-refractivity contribution is 0.768. The summed E-state index contributed by atoms with van der Waals surface area (Å²) in [4.78, 5) is 10.1. The molecule has 1 heterocycles. The fourth-order valence-corrected chi connectivity index (χ4v) is 7.67. The second kappa shape index (κ2) is 12.5. The molecule has 0 atom stereocenters. The smallest absolute Gasteiger partial charge is 0.160 e. The number of nitrogens with zero attached hydrogens (tertiary/aromatic N) is 3. The molecule has 51 heavy (non-hydrogen) atoms. The summed E-state index contributed by atoms with van der Waals surface area (Å²) in [5, 5.41) is 9.90. The van der Waals surface area contributed by atoms with E-state index >= 15 is 0 Å². The Morgan fingerprint density at radius 1 is 0.392 bits per heavy atom. The molecule has 1 aliphatic rings. The molecule has 1 aliphatic carbocycles. The SMILES string of the molecule is N#Cc1ccc2c(c1)-c1ccc(-c3cccc(-c4cc(-c5ccccc5)nc(-c5ccccc5)n4)c3)cc1C2(c1ccccc1)c1ccccc1. The van der Waals surface area contributed by atoms with Gasteiger partial charge < -0.3 is 0 Å². The van der Waals surface area contributed by atoms with Crippen molar-refractivity contribution in [1.82, 2.24) is 9.97 Å². The van der Waals surface area contributed by atoms with E-state index in [1.165, 1.54) is 22.3 Å². The van der Waals surface area contributed by atoms with Crippen LogP contribution in [0.4, 0.5) is 0 Å². The van der Waals surface area contributed by atoms with Gasteiger partial charge in [-0.15, -0.1) is 0 Å². The zero-order chi connectivity index (χ0) is 34.2. The normalized spacial score (nSPS) is 12.5. The Bertz CT molecular complexity index is 2470. The van der Waals surface area contributed by atoms with Crippen molar-refractivity contribution in [3.63, 3.8) is 0 Å². The van der Waals surface area contributed by atoms with Crippen LogP contribution < -0.4 is 0 Å². The zero-order valence-electron chi connectivity index (χ0n) is 27.7. The first-order valence-corrected chi connectivity index (χ1v) is 17.1. The maximum Gasteiger partial charge on any atom is 0.160 e. The summed E-state index contributed by atoms with van der Waals surface area (Å²) >= 11 is 0. The van der Waals surface area contributed by atoms with Crippen molar-refractivity contribution in [2.24, 2.45) is 0 Å². The third-order valence-electron chi connectivity index (χ3n) is 10.00. The largest absolute Gasteiger partial charge is 0.228 e. The lowest BCUT2D eigenvalue weighted by Crippen LogP contribution is -2.28. The quantitative estimate of drug-likeness (QED) is 0.180.